The lowest BCUT2D eigenvalue weighted by molar-refractivity contribution is 0.359. The van der Waals surface area contributed by atoms with Gasteiger partial charge in [0.1, 0.15) is 0 Å². The van der Waals surface area contributed by atoms with Crippen LogP contribution in [0.3, 0.4) is 0 Å². The zero-order valence-electron chi connectivity index (χ0n) is 10.7. The van der Waals surface area contributed by atoms with Gasteiger partial charge in [0, 0.05) is 13.1 Å². The molecule has 1 aromatic heterocycles. The second-order valence-electron chi connectivity index (χ2n) is 4.90. The molecule has 0 radical (unpaired) electrons. The molecule has 98 valence electrons. The first-order valence-electron chi connectivity index (χ1n) is 6.63. The molecule has 0 N–H and O–H groups in total. The molecule has 0 bridgehead atoms. The summed E-state index contributed by atoms with van der Waals surface area (Å²) in [6, 6.07) is 0. The van der Waals surface area contributed by atoms with E-state index in [4.69, 9.17) is 0 Å². The Bertz CT molecular complexity index is 371. The molecule has 18 heavy (non-hydrogen) atoms. The maximum Gasteiger partial charge on any atom is 0.225 e. The Kier molecular flexibility index (Phi) is 4.67. The van der Waals surface area contributed by atoms with Gasteiger partial charge in [-0.1, -0.05) is 25.3 Å². The second-order valence-corrected chi connectivity index (χ2v) is 4.90. The van der Waals surface area contributed by atoms with Gasteiger partial charge in [-0.05, 0) is 18.8 Å². The maximum absolute atomic E-state index is 12.8. The molecule has 0 aliphatic heterocycles. The van der Waals surface area contributed by atoms with E-state index in [1.54, 1.807) is 0 Å². The van der Waals surface area contributed by atoms with Gasteiger partial charge in [-0.2, -0.15) is 0 Å². The number of aromatic nitrogens is 2. The maximum atomic E-state index is 12.8. The Morgan fingerprint density at radius 3 is 2.56 bits per heavy atom. The molecule has 0 aromatic carbocycles. The van der Waals surface area contributed by atoms with Crippen molar-refractivity contribution in [2.45, 2.75) is 32.1 Å². The molecule has 1 fully saturated rings. The van der Waals surface area contributed by atoms with Crippen LogP contribution in [0.4, 0.5) is 10.3 Å². The van der Waals surface area contributed by atoms with Crippen molar-refractivity contribution in [2.75, 3.05) is 18.0 Å². The van der Waals surface area contributed by atoms with Gasteiger partial charge in [0.25, 0.3) is 0 Å². The van der Waals surface area contributed by atoms with Crippen molar-refractivity contribution in [3.05, 3.63) is 30.9 Å². The molecular formula is C14H20FN3. The third-order valence-corrected chi connectivity index (χ3v) is 3.44. The monoisotopic (exact) mass is 249 g/mol. The van der Waals surface area contributed by atoms with E-state index < -0.39 is 5.82 Å². The fourth-order valence-corrected chi connectivity index (χ4v) is 2.54. The Balaban J connectivity index is 2.02. The first-order chi connectivity index (χ1) is 8.79. The van der Waals surface area contributed by atoms with Crippen molar-refractivity contribution in [1.82, 2.24) is 9.97 Å². The molecule has 0 amide bonds. The zero-order chi connectivity index (χ0) is 12.8. The highest BCUT2D eigenvalue weighted by Gasteiger charge is 2.18. The topological polar surface area (TPSA) is 29.0 Å². The molecule has 0 spiro atoms. The van der Waals surface area contributed by atoms with E-state index in [0.29, 0.717) is 18.4 Å². The van der Waals surface area contributed by atoms with Gasteiger partial charge in [-0.3, -0.25) is 0 Å². The molecule has 1 aliphatic rings. The van der Waals surface area contributed by atoms with Gasteiger partial charge >= 0.3 is 0 Å². The largest absolute Gasteiger partial charge is 0.337 e. The summed E-state index contributed by atoms with van der Waals surface area (Å²) in [6.07, 6.45) is 10.8. The molecular weight excluding hydrogens is 229 g/mol. The van der Waals surface area contributed by atoms with Crippen LogP contribution in [0.15, 0.2) is 25.0 Å². The molecule has 1 aromatic rings. The summed E-state index contributed by atoms with van der Waals surface area (Å²) in [6.45, 7) is 5.42. The molecule has 0 unspecified atom stereocenters. The number of nitrogens with zero attached hydrogens (tertiary/aromatic N) is 3. The number of hydrogen-bond donors (Lipinski definition) is 0. The highest BCUT2D eigenvalue weighted by Crippen LogP contribution is 2.25. The molecule has 2 rings (SSSR count). The van der Waals surface area contributed by atoms with Crippen molar-refractivity contribution >= 4 is 5.95 Å². The summed E-state index contributed by atoms with van der Waals surface area (Å²) in [7, 11) is 0. The minimum Gasteiger partial charge on any atom is -0.337 e. The van der Waals surface area contributed by atoms with E-state index in [2.05, 4.69) is 21.4 Å². The summed E-state index contributed by atoms with van der Waals surface area (Å²) in [5.74, 6) is 0.907. The fraction of sp³-hybridized carbons (Fsp3) is 0.571. The van der Waals surface area contributed by atoms with Crippen molar-refractivity contribution < 1.29 is 4.39 Å². The molecule has 1 aliphatic carbocycles. The number of anilines is 1. The third-order valence-electron chi connectivity index (χ3n) is 3.44. The normalized spacial score (nSPS) is 16.5. The highest BCUT2D eigenvalue weighted by molar-refractivity contribution is 5.29. The molecule has 4 heteroatoms. The highest BCUT2D eigenvalue weighted by atomic mass is 19.1. The lowest BCUT2D eigenvalue weighted by Crippen LogP contribution is -2.32. The number of rotatable bonds is 5. The van der Waals surface area contributed by atoms with Crippen LogP contribution in [0.5, 0.6) is 0 Å². The van der Waals surface area contributed by atoms with E-state index in [9.17, 15) is 4.39 Å². The van der Waals surface area contributed by atoms with E-state index in [1.807, 2.05) is 6.08 Å². The van der Waals surface area contributed by atoms with Crippen LogP contribution in [-0.4, -0.2) is 23.1 Å². The van der Waals surface area contributed by atoms with Gasteiger partial charge in [-0.25, -0.2) is 14.4 Å². The third kappa shape index (κ3) is 3.52. The Morgan fingerprint density at radius 2 is 1.94 bits per heavy atom. The quantitative estimate of drug-likeness (QED) is 0.750. The van der Waals surface area contributed by atoms with Crippen LogP contribution in [0.1, 0.15) is 32.1 Å². The average molecular weight is 249 g/mol. The second kappa shape index (κ2) is 6.47. The van der Waals surface area contributed by atoms with Crippen molar-refractivity contribution in [3.63, 3.8) is 0 Å². The summed E-state index contributed by atoms with van der Waals surface area (Å²) >= 11 is 0. The van der Waals surface area contributed by atoms with Gasteiger partial charge < -0.3 is 4.90 Å². The minimum atomic E-state index is -0.394. The molecule has 0 saturated heterocycles. The Labute approximate surface area is 108 Å². The average Bonchev–Trinajstić information content (AvgIpc) is 2.40. The first kappa shape index (κ1) is 13.0. The van der Waals surface area contributed by atoms with Gasteiger partial charge in [0.2, 0.25) is 5.95 Å². The van der Waals surface area contributed by atoms with Gasteiger partial charge in [0.15, 0.2) is 5.82 Å². The van der Waals surface area contributed by atoms with E-state index in [0.717, 1.165) is 6.54 Å². The molecule has 3 nitrogen and oxygen atoms in total. The predicted molar refractivity (Wildman–Crippen MR) is 71.0 cm³/mol. The fourth-order valence-electron chi connectivity index (χ4n) is 2.54. The van der Waals surface area contributed by atoms with Crippen LogP contribution in [0.2, 0.25) is 0 Å². The summed E-state index contributed by atoms with van der Waals surface area (Å²) < 4.78 is 12.8. The zero-order valence-corrected chi connectivity index (χ0v) is 10.7. The number of halogens is 1. The van der Waals surface area contributed by atoms with Crippen LogP contribution < -0.4 is 4.90 Å². The van der Waals surface area contributed by atoms with Crippen molar-refractivity contribution in [1.29, 1.82) is 0 Å². The standard InChI is InChI=1S/C14H20FN3/c1-2-8-18(11-12-6-4-3-5-7-12)14-16-9-13(15)10-17-14/h2,9-10,12H,1,3-8,11H2. The number of hydrogen-bond acceptors (Lipinski definition) is 3. The van der Waals surface area contributed by atoms with Crippen LogP contribution in [0, 0.1) is 11.7 Å². The predicted octanol–water partition coefficient (Wildman–Crippen LogP) is 3.19. The van der Waals surface area contributed by atoms with Crippen molar-refractivity contribution in [3.8, 4) is 0 Å². The smallest absolute Gasteiger partial charge is 0.225 e. The van der Waals surface area contributed by atoms with Gasteiger partial charge in [0.05, 0.1) is 12.4 Å². The molecule has 1 heterocycles. The Hall–Kier alpha value is -1.45. The van der Waals surface area contributed by atoms with Gasteiger partial charge in [-0.15, -0.1) is 6.58 Å². The van der Waals surface area contributed by atoms with Crippen molar-refractivity contribution in [2.24, 2.45) is 5.92 Å². The summed E-state index contributed by atoms with van der Waals surface area (Å²) in [4.78, 5) is 10.2. The lowest BCUT2D eigenvalue weighted by Gasteiger charge is -2.29. The molecule has 1 saturated carbocycles. The summed E-state index contributed by atoms with van der Waals surface area (Å²) in [5, 5.41) is 0. The minimum absolute atomic E-state index is 0.394. The lowest BCUT2D eigenvalue weighted by atomic mass is 9.89. The van der Waals surface area contributed by atoms with E-state index >= 15 is 0 Å². The van der Waals surface area contributed by atoms with Crippen LogP contribution >= 0.6 is 0 Å². The van der Waals surface area contributed by atoms with E-state index in [-0.39, 0.29) is 0 Å². The molecule has 0 atom stereocenters. The summed E-state index contributed by atoms with van der Waals surface area (Å²) in [5.41, 5.74) is 0. The van der Waals surface area contributed by atoms with Crippen LogP contribution in [-0.2, 0) is 0 Å². The van der Waals surface area contributed by atoms with Crippen LogP contribution in [0.25, 0.3) is 0 Å². The van der Waals surface area contributed by atoms with E-state index in [1.165, 1.54) is 44.5 Å². The Morgan fingerprint density at radius 1 is 1.28 bits per heavy atom. The SMILES string of the molecule is C=CCN(CC1CCCCC1)c1ncc(F)cn1. The first-order valence-corrected chi connectivity index (χ1v) is 6.63.